The van der Waals surface area contributed by atoms with Crippen LogP contribution in [-0.2, 0) is 14.6 Å². The van der Waals surface area contributed by atoms with Crippen LogP contribution >= 0.6 is 0 Å². The number of benzene rings is 1. The van der Waals surface area contributed by atoms with Gasteiger partial charge in [-0.05, 0) is 36.1 Å². The van der Waals surface area contributed by atoms with Crippen LogP contribution in [-0.4, -0.2) is 43.3 Å². The highest BCUT2D eigenvalue weighted by molar-refractivity contribution is 7.91. The molecule has 1 saturated heterocycles. The molecule has 1 atom stereocenters. The Bertz CT molecular complexity index is 680. The third-order valence-electron chi connectivity index (χ3n) is 3.78. The molecule has 0 N–H and O–H groups in total. The van der Waals surface area contributed by atoms with E-state index in [1.165, 1.54) is 18.2 Å². The van der Waals surface area contributed by atoms with Gasteiger partial charge < -0.3 is 4.90 Å². The molecule has 0 aliphatic carbocycles. The zero-order valence-corrected chi connectivity index (χ0v) is 14.2. The first-order valence-electron chi connectivity index (χ1n) is 7.71. The molecule has 23 heavy (non-hydrogen) atoms. The van der Waals surface area contributed by atoms with Crippen molar-refractivity contribution in [1.82, 2.24) is 4.90 Å². The van der Waals surface area contributed by atoms with Gasteiger partial charge in [-0.25, -0.2) is 12.8 Å². The number of sulfone groups is 1. The minimum absolute atomic E-state index is 0.0375. The number of amides is 1. The van der Waals surface area contributed by atoms with Crippen molar-refractivity contribution in [3.63, 3.8) is 0 Å². The number of carbonyl (C=O) groups excluding carboxylic acids is 1. The summed E-state index contributed by atoms with van der Waals surface area (Å²) in [5, 5.41) is 0. The van der Waals surface area contributed by atoms with Gasteiger partial charge in [-0.2, -0.15) is 0 Å². The SMILES string of the molecule is CC(C)CN(C(=O)/C=C/c1ccc(F)cc1)C1CCS(=O)(=O)C1. The smallest absolute Gasteiger partial charge is 0.246 e. The number of carbonyl (C=O) groups is 1. The summed E-state index contributed by atoms with van der Waals surface area (Å²) < 4.78 is 36.2. The van der Waals surface area contributed by atoms with Gasteiger partial charge in [0.05, 0.1) is 11.5 Å². The third kappa shape index (κ3) is 5.16. The Labute approximate surface area is 136 Å². The highest BCUT2D eigenvalue weighted by Gasteiger charge is 2.34. The molecule has 1 aliphatic heterocycles. The van der Waals surface area contributed by atoms with Gasteiger partial charge in [-0.3, -0.25) is 4.79 Å². The Morgan fingerprint density at radius 3 is 2.52 bits per heavy atom. The van der Waals surface area contributed by atoms with E-state index in [9.17, 15) is 17.6 Å². The molecular formula is C17H22FNO3S. The van der Waals surface area contributed by atoms with Gasteiger partial charge in [-0.15, -0.1) is 0 Å². The third-order valence-corrected chi connectivity index (χ3v) is 5.53. The molecule has 1 heterocycles. The van der Waals surface area contributed by atoms with Crippen LogP contribution in [0.3, 0.4) is 0 Å². The zero-order valence-electron chi connectivity index (χ0n) is 13.4. The van der Waals surface area contributed by atoms with Crippen molar-refractivity contribution in [1.29, 1.82) is 0 Å². The van der Waals surface area contributed by atoms with E-state index in [-0.39, 0.29) is 35.2 Å². The van der Waals surface area contributed by atoms with Crippen LogP contribution in [0.5, 0.6) is 0 Å². The van der Waals surface area contributed by atoms with Crippen molar-refractivity contribution >= 4 is 21.8 Å². The lowest BCUT2D eigenvalue weighted by Gasteiger charge is -2.28. The molecule has 6 heteroatoms. The molecule has 0 aromatic heterocycles. The van der Waals surface area contributed by atoms with Crippen LogP contribution < -0.4 is 0 Å². The maximum absolute atomic E-state index is 12.9. The summed E-state index contributed by atoms with van der Waals surface area (Å²) >= 11 is 0. The van der Waals surface area contributed by atoms with Gasteiger partial charge in [-0.1, -0.05) is 26.0 Å². The molecule has 1 aliphatic rings. The van der Waals surface area contributed by atoms with Crippen molar-refractivity contribution in [2.24, 2.45) is 5.92 Å². The summed E-state index contributed by atoms with van der Waals surface area (Å²) in [7, 11) is -3.04. The van der Waals surface area contributed by atoms with Crippen LogP contribution in [0.25, 0.3) is 6.08 Å². The second-order valence-corrected chi connectivity index (χ2v) is 8.55. The average molecular weight is 339 g/mol. The highest BCUT2D eigenvalue weighted by atomic mass is 32.2. The van der Waals surface area contributed by atoms with Gasteiger partial charge in [0.15, 0.2) is 9.84 Å². The molecule has 4 nitrogen and oxygen atoms in total. The Morgan fingerprint density at radius 2 is 2.00 bits per heavy atom. The predicted octanol–water partition coefficient (Wildman–Crippen LogP) is 2.51. The van der Waals surface area contributed by atoms with Gasteiger partial charge >= 0.3 is 0 Å². The van der Waals surface area contributed by atoms with Crippen molar-refractivity contribution in [2.75, 3.05) is 18.1 Å². The van der Waals surface area contributed by atoms with Crippen molar-refractivity contribution in [3.05, 3.63) is 41.7 Å². The van der Waals surface area contributed by atoms with Gasteiger partial charge in [0.2, 0.25) is 5.91 Å². The highest BCUT2D eigenvalue weighted by Crippen LogP contribution is 2.20. The largest absolute Gasteiger partial charge is 0.335 e. The second kappa shape index (κ2) is 7.25. The lowest BCUT2D eigenvalue weighted by Crippen LogP contribution is -2.42. The molecule has 1 aromatic rings. The molecule has 0 bridgehead atoms. The topological polar surface area (TPSA) is 54.5 Å². The fraction of sp³-hybridized carbons (Fsp3) is 0.471. The maximum atomic E-state index is 12.9. The normalized spacial score (nSPS) is 20.3. The number of hydrogen-bond acceptors (Lipinski definition) is 3. The van der Waals surface area contributed by atoms with Crippen LogP contribution in [0.2, 0.25) is 0 Å². The van der Waals surface area contributed by atoms with Crippen LogP contribution in [0.1, 0.15) is 25.8 Å². The summed E-state index contributed by atoms with van der Waals surface area (Å²) in [5.41, 5.74) is 0.725. The van der Waals surface area contributed by atoms with Gasteiger partial charge in [0.1, 0.15) is 5.82 Å². The molecule has 1 aromatic carbocycles. The van der Waals surface area contributed by atoms with E-state index in [4.69, 9.17) is 0 Å². The van der Waals surface area contributed by atoms with E-state index < -0.39 is 9.84 Å². The monoisotopic (exact) mass is 339 g/mol. The van der Waals surface area contributed by atoms with E-state index in [2.05, 4.69) is 0 Å². The minimum Gasteiger partial charge on any atom is -0.335 e. The van der Waals surface area contributed by atoms with Crippen molar-refractivity contribution in [2.45, 2.75) is 26.3 Å². The fourth-order valence-corrected chi connectivity index (χ4v) is 4.40. The molecule has 1 unspecified atom stereocenters. The molecule has 126 valence electrons. The first-order chi connectivity index (χ1) is 10.8. The Kier molecular flexibility index (Phi) is 5.57. The molecule has 1 fully saturated rings. The zero-order chi connectivity index (χ0) is 17.0. The number of halogens is 1. The standard InChI is InChI=1S/C17H22FNO3S/c1-13(2)11-19(16-9-10-23(21,22)12-16)17(20)8-5-14-3-6-15(18)7-4-14/h3-8,13,16H,9-12H2,1-2H3/b8-5+. The Morgan fingerprint density at radius 1 is 1.35 bits per heavy atom. The molecule has 0 spiro atoms. The van der Waals surface area contributed by atoms with E-state index in [0.29, 0.717) is 13.0 Å². The van der Waals surface area contributed by atoms with E-state index in [1.54, 1.807) is 23.1 Å². The minimum atomic E-state index is -3.04. The lowest BCUT2D eigenvalue weighted by atomic mass is 10.1. The van der Waals surface area contributed by atoms with Crippen LogP contribution in [0, 0.1) is 11.7 Å². The quantitative estimate of drug-likeness (QED) is 0.775. The van der Waals surface area contributed by atoms with Crippen molar-refractivity contribution < 1.29 is 17.6 Å². The second-order valence-electron chi connectivity index (χ2n) is 6.33. The Balaban J connectivity index is 2.12. The molecule has 1 amide bonds. The molecular weight excluding hydrogens is 317 g/mol. The summed E-state index contributed by atoms with van der Waals surface area (Å²) in [6, 6.07) is 5.59. The van der Waals surface area contributed by atoms with Gasteiger partial charge in [0, 0.05) is 18.7 Å². The maximum Gasteiger partial charge on any atom is 0.246 e. The number of nitrogens with zero attached hydrogens (tertiary/aromatic N) is 1. The number of hydrogen-bond donors (Lipinski definition) is 0. The first kappa shape index (κ1) is 17.7. The summed E-state index contributed by atoms with van der Waals surface area (Å²) in [6.45, 7) is 4.51. The summed E-state index contributed by atoms with van der Waals surface area (Å²) in [6.07, 6.45) is 3.55. The Hall–Kier alpha value is -1.69. The molecule has 2 rings (SSSR count). The van der Waals surface area contributed by atoms with E-state index in [1.807, 2.05) is 13.8 Å². The van der Waals surface area contributed by atoms with Gasteiger partial charge in [0.25, 0.3) is 0 Å². The summed E-state index contributed by atoms with van der Waals surface area (Å²) in [5.74, 6) is -0.102. The number of rotatable bonds is 5. The molecule has 0 radical (unpaired) electrons. The van der Waals surface area contributed by atoms with E-state index in [0.717, 1.165) is 5.56 Å². The lowest BCUT2D eigenvalue weighted by molar-refractivity contribution is -0.128. The average Bonchev–Trinajstić information content (AvgIpc) is 2.83. The summed E-state index contributed by atoms with van der Waals surface area (Å²) in [4.78, 5) is 14.1. The van der Waals surface area contributed by atoms with Crippen LogP contribution in [0.15, 0.2) is 30.3 Å². The van der Waals surface area contributed by atoms with Crippen LogP contribution in [0.4, 0.5) is 4.39 Å². The first-order valence-corrected chi connectivity index (χ1v) is 9.53. The van der Waals surface area contributed by atoms with Crippen molar-refractivity contribution in [3.8, 4) is 0 Å². The fourth-order valence-electron chi connectivity index (χ4n) is 2.67. The predicted molar refractivity (Wildman–Crippen MR) is 89.0 cm³/mol. The van der Waals surface area contributed by atoms with E-state index >= 15 is 0 Å². The molecule has 0 saturated carbocycles.